The summed E-state index contributed by atoms with van der Waals surface area (Å²) in [4.78, 5) is 0. The molecule has 2 aromatic carbocycles. The van der Waals surface area contributed by atoms with Crippen LogP contribution >= 0.6 is 0 Å². The van der Waals surface area contributed by atoms with Crippen molar-refractivity contribution in [3.05, 3.63) is 47.5 Å². The maximum atomic E-state index is 6.15. The van der Waals surface area contributed by atoms with Crippen LogP contribution in [0.1, 0.15) is 17.5 Å². The van der Waals surface area contributed by atoms with Gasteiger partial charge in [0.15, 0.2) is 0 Å². The van der Waals surface area contributed by atoms with E-state index in [9.17, 15) is 0 Å². The maximum absolute atomic E-state index is 6.15. The standard InChI is InChI=1S/C18H21NO2/c1-12-5-3-4-6-16(12)17-11-15(20-2)10-13-9-14(7-8-19)21-18(13)17/h3-6,10-11,14H,7-9,19H2,1-2H3. The Morgan fingerprint density at radius 2 is 2.05 bits per heavy atom. The van der Waals surface area contributed by atoms with Crippen molar-refractivity contribution in [3.63, 3.8) is 0 Å². The zero-order valence-corrected chi connectivity index (χ0v) is 12.6. The summed E-state index contributed by atoms with van der Waals surface area (Å²) in [6, 6.07) is 12.5. The molecule has 0 fully saturated rings. The van der Waals surface area contributed by atoms with Crippen LogP contribution in [0.25, 0.3) is 11.1 Å². The number of ether oxygens (including phenoxy) is 2. The van der Waals surface area contributed by atoms with E-state index >= 15 is 0 Å². The molecule has 2 N–H and O–H groups in total. The van der Waals surface area contributed by atoms with Gasteiger partial charge >= 0.3 is 0 Å². The van der Waals surface area contributed by atoms with Crippen LogP contribution in [0.2, 0.25) is 0 Å². The molecular weight excluding hydrogens is 262 g/mol. The topological polar surface area (TPSA) is 44.5 Å². The number of hydrogen-bond acceptors (Lipinski definition) is 3. The summed E-state index contributed by atoms with van der Waals surface area (Å²) < 4.78 is 11.6. The fourth-order valence-electron chi connectivity index (χ4n) is 2.94. The summed E-state index contributed by atoms with van der Waals surface area (Å²) in [5, 5.41) is 0. The molecule has 1 atom stereocenters. The van der Waals surface area contributed by atoms with Gasteiger partial charge in [-0.3, -0.25) is 0 Å². The van der Waals surface area contributed by atoms with E-state index in [0.29, 0.717) is 6.54 Å². The lowest BCUT2D eigenvalue weighted by Gasteiger charge is -2.14. The SMILES string of the molecule is COc1cc2c(c(-c3ccccc3C)c1)OC(CCN)C2. The van der Waals surface area contributed by atoms with Crippen LogP contribution < -0.4 is 15.2 Å². The van der Waals surface area contributed by atoms with Crippen molar-refractivity contribution < 1.29 is 9.47 Å². The summed E-state index contributed by atoms with van der Waals surface area (Å²) in [6.07, 6.45) is 1.96. The number of nitrogens with two attached hydrogens (primary N) is 1. The molecule has 1 aliphatic rings. The number of aryl methyl sites for hydroxylation is 1. The summed E-state index contributed by atoms with van der Waals surface area (Å²) in [7, 11) is 1.70. The molecule has 0 saturated heterocycles. The van der Waals surface area contributed by atoms with Crippen molar-refractivity contribution in [1.29, 1.82) is 0 Å². The van der Waals surface area contributed by atoms with Gasteiger partial charge in [-0.2, -0.15) is 0 Å². The molecular formula is C18H21NO2. The molecule has 0 bridgehead atoms. The summed E-state index contributed by atoms with van der Waals surface area (Å²) in [6.45, 7) is 2.77. The smallest absolute Gasteiger partial charge is 0.131 e. The van der Waals surface area contributed by atoms with Gasteiger partial charge in [-0.1, -0.05) is 24.3 Å². The lowest BCUT2D eigenvalue weighted by molar-refractivity contribution is 0.225. The van der Waals surface area contributed by atoms with Crippen LogP contribution in [0.4, 0.5) is 0 Å². The molecule has 3 rings (SSSR count). The van der Waals surface area contributed by atoms with Gasteiger partial charge in [0.05, 0.1) is 7.11 Å². The number of hydrogen-bond donors (Lipinski definition) is 1. The molecule has 0 saturated carbocycles. The third-order valence-corrected chi connectivity index (χ3v) is 4.03. The van der Waals surface area contributed by atoms with Gasteiger partial charge in [0.2, 0.25) is 0 Å². The normalized spacial score (nSPS) is 16.4. The Morgan fingerprint density at radius 1 is 1.24 bits per heavy atom. The van der Waals surface area contributed by atoms with Crippen molar-refractivity contribution in [3.8, 4) is 22.6 Å². The van der Waals surface area contributed by atoms with E-state index in [0.717, 1.165) is 29.9 Å². The maximum Gasteiger partial charge on any atom is 0.131 e. The molecule has 2 aromatic rings. The lowest BCUT2D eigenvalue weighted by Crippen LogP contribution is -2.17. The minimum Gasteiger partial charge on any atom is -0.497 e. The van der Waals surface area contributed by atoms with Crippen molar-refractivity contribution >= 4 is 0 Å². The van der Waals surface area contributed by atoms with E-state index in [4.69, 9.17) is 15.2 Å². The Kier molecular flexibility index (Phi) is 3.84. The Bertz CT molecular complexity index is 652. The van der Waals surface area contributed by atoms with Crippen LogP contribution in [-0.4, -0.2) is 19.8 Å². The first-order chi connectivity index (χ1) is 10.2. The Hall–Kier alpha value is -2.00. The number of methoxy groups -OCH3 is 1. The van der Waals surface area contributed by atoms with Gasteiger partial charge in [-0.15, -0.1) is 0 Å². The molecule has 3 heteroatoms. The first kappa shape index (κ1) is 14.0. The van der Waals surface area contributed by atoms with Crippen LogP contribution in [0.15, 0.2) is 36.4 Å². The van der Waals surface area contributed by atoms with Crippen molar-refractivity contribution in [1.82, 2.24) is 0 Å². The zero-order valence-electron chi connectivity index (χ0n) is 12.6. The molecule has 1 aliphatic heterocycles. The molecule has 3 nitrogen and oxygen atoms in total. The predicted octanol–water partition coefficient (Wildman–Crippen LogP) is 3.32. The highest BCUT2D eigenvalue weighted by Crippen LogP contribution is 2.43. The highest BCUT2D eigenvalue weighted by molar-refractivity contribution is 5.77. The van der Waals surface area contributed by atoms with E-state index in [1.165, 1.54) is 16.7 Å². The molecule has 0 radical (unpaired) electrons. The van der Waals surface area contributed by atoms with Crippen molar-refractivity contribution in [2.24, 2.45) is 5.73 Å². The van der Waals surface area contributed by atoms with E-state index in [1.807, 2.05) is 0 Å². The second-order valence-electron chi connectivity index (χ2n) is 5.50. The minimum atomic E-state index is 0.180. The summed E-state index contributed by atoms with van der Waals surface area (Å²) >= 11 is 0. The van der Waals surface area contributed by atoms with Crippen molar-refractivity contribution in [2.75, 3.05) is 13.7 Å². The van der Waals surface area contributed by atoms with E-state index in [-0.39, 0.29) is 6.10 Å². The third-order valence-electron chi connectivity index (χ3n) is 4.03. The Balaban J connectivity index is 2.10. The summed E-state index contributed by atoms with van der Waals surface area (Å²) in [5.41, 5.74) is 10.4. The van der Waals surface area contributed by atoms with E-state index < -0.39 is 0 Å². The molecule has 0 spiro atoms. The summed E-state index contributed by atoms with van der Waals surface area (Å²) in [5.74, 6) is 1.87. The second kappa shape index (κ2) is 5.78. The Morgan fingerprint density at radius 3 is 2.76 bits per heavy atom. The van der Waals surface area contributed by atoms with E-state index in [2.05, 4.69) is 43.3 Å². The minimum absolute atomic E-state index is 0.180. The predicted molar refractivity (Wildman–Crippen MR) is 85.0 cm³/mol. The number of benzene rings is 2. The molecule has 0 aromatic heterocycles. The fourth-order valence-corrected chi connectivity index (χ4v) is 2.94. The highest BCUT2D eigenvalue weighted by atomic mass is 16.5. The lowest BCUT2D eigenvalue weighted by atomic mass is 9.96. The zero-order chi connectivity index (χ0) is 14.8. The molecule has 110 valence electrons. The van der Waals surface area contributed by atoms with Crippen LogP contribution in [0, 0.1) is 6.92 Å². The highest BCUT2D eigenvalue weighted by Gasteiger charge is 2.26. The average Bonchev–Trinajstić information content (AvgIpc) is 2.89. The average molecular weight is 283 g/mol. The van der Waals surface area contributed by atoms with Gasteiger partial charge in [0, 0.05) is 17.5 Å². The molecule has 1 unspecified atom stereocenters. The molecule has 0 aliphatic carbocycles. The quantitative estimate of drug-likeness (QED) is 0.936. The second-order valence-corrected chi connectivity index (χ2v) is 5.50. The molecule has 1 heterocycles. The third kappa shape index (κ3) is 2.61. The molecule has 0 amide bonds. The van der Waals surface area contributed by atoms with Gasteiger partial charge in [-0.05, 0) is 43.1 Å². The van der Waals surface area contributed by atoms with Gasteiger partial charge in [-0.25, -0.2) is 0 Å². The van der Waals surface area contributed by atoms with Gasteiger partial charge in [0.1, 0.15) is 17.6 Å². The van der Waals surface area contributed by atoms with Gasteiger partial charge in [0.25, 0.3) is 0 Å². The van der Waals surface area contributed by atoms with Crippen molar-refractivity contribution in [2.45, 2.75) is 25.9 Å². The van der Waals surface area contributed by atoms with Crippen LogP contribution in [-0.2, 0) is 6.42 Å². The number of fused-ring (bicyclic) bond motifs is 1. The first-order valence-corrected chi connectivity index (χ1v) is 7.36. The largest absolute Gasteiger partial charge is 0.497 e. The monoisotopic (exact) mass is 283 g/mol. The van der Waals surface area contributed by atoms with Gasteiger partial charge < -0.3 is 15.2 Å². The van der Waals surface area contributed by atoms with Crippen LogP contribution in [0.5, 0.6) is 11.5 Å². The Labute approximate surface area is 125 Å². The van der Waals surface area contributed by atoms with E-state index in [1.54, 1.807) is 7.11 Å². The molecule has 21 heavy (non-hydrogen) atoms. The first-order valence-electron chi connectivity index (χ1n) is 7.36. The van der Waals surface area contributed by atoms with Crippen LogP contribution in [0.3, 0.4) is 0 Å². The fraction of sp³-hybridized carbons (Fsp3) is 0.333. The number of rotatable bonds is 4.